The number of ketones is 1. The van der Waals surface area contributed by atoms with Crippen LogP contribution in [0.15, 0.2) is 48.5 Å². The quantitative estimate of drug-likeness (QED) is 0.352. The van der Waals surface area contributed by atoms with E-state index in [0.29, 0.717) is 21.2 Å². The van der Waals surface area contributed by atoms with Gasteiger partial charge in [0.15, 0.2) is 5.78 Å². The van der Waals surface area contributed by atoms with Crippen LogP contribution in [0.1, 0.15) is 15.9 Å². The number of nitrogens with zero attached hydrogens (tertiary/aromatic N) is 1. The Labute approximate surface area is 130 Å². The topological polar surface area (TPSA) is 60.2 Å². The number of hydrogen-bond donors (Lipinski definition) is 0. The lowest BCUT2D eigenvalue weighted by atomic mass is 10.1. The van der Waals surface area contributed by atoms with Crippen molar-refractivity contribution in [1.82, 2.24) is 0 Å². The summed E-state index contributed by atoms with van der Waals surface area (Å²) in [5, 5.41) is 11.4. The van der Waals surface area contributed by atoms with Gasteiger partial charge in [0.05, 0.1) is 4.92 Å². The zero-order valence-electron chi connectivity index (χ0n) is 10.6. The maximum absolute atomic E-state index is 12.0. The van der Waals surface area contributed by atoms with E-state index in [1.807, 2.05) is 0 Å². The molecule has 2 aromatic carbocycles. The summed E-state index contributed by atoms with van der Waals surface area (Å²) in [6, 6.07) is 10.4. The van der Waals surface area contributed by atoms with Gasteiger partial charge in [-0.3, -0.25) is 14.9 Å². The number of allylic oxidation sites excluding steroid dienone is 1. The van der Waals surface area contributed by atoms with Crippen LogP contribution in [-0.2, 0) is 0 Å². The van der Waals surface area contributed by atoms with Crippen LogP contribution in [0, 0.1) is 10.1 Å². The molecule has 0 amide bonds. The highest BCUT2D eigenvalue weighted by atomic mass is 35.5. The summed E-state index contributed by atoms with van der Waals surface area (Å²) in [5.41, 5.74) is 0.834. The third-order valence-corrected chi connectivity index (χ3v) is 3.42. The second kappa shape index (κ2) is 6.52. The van der Waals surface area contributed by atoms with Crippen molar-refractivity contribution in [3.05, 3.63) is 79.8 Å². The van der Waals surface area contributed by atoms with Crippen LogP contribution in [0.3, 0.4) is 0 Å². The van der Waals surface area contributed by atoms with E-state index in [2.05, 4.69) is 0 Å². The van der Waals surface area contributed by atoms with E-state index in [-0.39, 0.29) is 11.5 Å². The number of carbonyl (C=O) groups excluding carboxylic acids is 1. The predicted molar refractivity (Wildman–Crippen MR) is 82.9 cm³/mol. The molecular weight excluding hydrogens is 313 g/mol. The van der Waals surface area contributed by atoms with Gasteiger partial charge < -0.3 is 0 Å². The maximum atomic E-state index is 12.0. The minimum Gasteiger partial charge on any atom is -0.289 e. The van der Waals surface area contributed by atoms with E-state index >= 15 is 0 Å². The van der Waals surface area contributed by atoms with Crippen molar-refractivity contribution in [3.63, 3.8) is 0 Å². The Hall–Kier alpha value is -2.17. The van der Waals surface area contributed by atoms with Crippen LogP contribution in [0.25, 0.3) is 6.08 Å². The van der Waals surface area contributed by atoms with Gasteiger partial charge in [-0.05, 0) is 36.4 Å². The summed E-state index contributed by atoms with van der Waals surface area (Å²) in [7, 11) is 0. The van der Waals surface area contributed by atoms with Gasteiger partial charge in [-0.25, -0.2) is 0 Å². The number of benzene rings is 2. The molecule has 21 heavy (non-hydrogen) atoms. The maximum Gasteiger partial charge on any atom is 0.269 e. The Bertz CT molecular complexity index is 704. The predicted octanol–water partition coefficient (Wildman–Crippen LogP) is 4.80. The van der Waals surface area contributed by atoms with Crippen LogP contribution in [-0.4, -0.2) is 10.7 Å². The zero-order chi connectivity index (χ0) is 15.4. The monoisotopic (exact) mass is 321 g/mol. The van der Waals surface area contributed by atoms with E-state index in [0.717, 1.165) is 0 Å². The summed E-state index contributed by atoms with van der Waals surface area (Å²) in [5.74, 6) is -0.291. The van der Waals surface area contributed by atoms with Gasteiger partial charge in [0.1, 0.15) is 0 Å². The number of rotatable bonds is 4. The van der Waals surface area contributed by atoms with Crippen LogP contribution < -0.4 is 0 Å². The number of non-ortho nitro benzene ring substituents is 1. The molecule has 0 aliphatic rings. The standard InChI is InChI=1S/C15H9Cl2NO3/c16-13-2-1-3-14(17)12(13)8-9-15(19)10-4-6-11(7-5-10)18(20)21/h1-9H. The van der Waals surface area contributed by atoms with Crippen LogP contribution >= 0.6 is 23.2 Å². The number of nitro benzene ring substituents is 1. The van der Waals surface area contributed by atoms with Gasteiger partial charge >= 0.3 is 0 Å². The van der Waals surface area contributed by atoms with Gasteiger partial charge in [0.2, 0.25) is 0 Å². The van der Waals surface area contributed by atoms with E-state index in [9.17, 15) is 14.9 Å². The minimum absolute atomic E-state index is 0.0651. The molecule has 4 nitrogen and oxygen atoms in total. The molecule has 0 aliphatic heterocycles. The molecule has 0 atom stereocenters. The first-order chi connectivity index (χ1) is 9.99. The fraction of sp³-hybridized carbons (Fsp3) is 0. The highest BCUT2D eigenvalue weighted by molar-refractivity contribution is 6.37. The molecule has 0 bridgehead atoms. The minimum atomic E-state index is -0.520. The molecule has 0 saturated carbocycles. The fourth-order valence-electron chi connectivity index (χ4n) is 1.67. The summed E-state index contributed by atoms with van der Waals surface area (Å²) < 4.78 is 0. The summed E-state index contributed by atoms with van der Waals surface area (Å²) in [6.07, 6.45) is 2.85. The van der Waals surface area contributed by atoms with Gasteiger partial charge in [-0.1, -0.05) is 29.3 Å². The first kappa shape index (κ1) is 15.2. The molecule has 0 aromatic heterocycles. The van der Waals surface area contributed by atoms with Crippen molar-refractivity contribution in [3.8, 4) is 0 Å². The molecule has 0 saturated heterocycles. The van der Waals surface area contributed by atoms with Gasteiger partial charge in [0, 0.05) is 33.3 Å². The third kappa shape index (κ3) is 3.68. The highest BCUT2D eigenvalue weighted by Crippen LogP contribution is 2.25. The SMILES string of the molecule is O=C(C=Cc1c(Cl)cccc1Cl)c1ccc([N+](=O)[O-])cc1. The van der Waals surface area contributed by atoms with Crippen molar-refractivity contribution in [2.24, 2.45) is 0 Å². The molecule has 6 heteroatoms. The molecule has 0 N–H and O–H groups in total. The third-order valence-electron chi connectivity index (χ3n) is 2.76. The fourth-order valence-corrected chi connectivity index (χ4v) is 2.20. The normalized spacial score (nSPS) is 10.8. The highest BCUT2D eigenvalue weighted by Gasteiger charge is 2.08. The van der Waals surface area contributed by atoms with E-state index in [1.165, 1.54) is 36.4 Å². The number of hydrogen-bond acceptors (Lipinski definition) is 3. The molecule has 0 unspecified atom stereocenters. The molecule has 2 aromatic rings. The molecule has 0 fully saturated rings. The van der Waals surface area contributed by atoms with E-state index in [4.69, 9.17) is 23.2 Å². The lowest BCUT2D eigenvalue weighted by molar-refractivity contribution is -0.384. The Morgan fingerprint density at radius 1 is 1.05 bits per heavy atom. The van der Waals surface area contributed by atoms with Crippen molar-refractivity contribution >= 4 is 40.7 Å². The van der Waals surface area contributed by atoms with Gasteiger partial charge in [-0.15, -0.1) is 0 Å². The van der Waals surface area contributed by atoms with E-state index in [1.54, 1.807) is 18.2 Å². The molecule has 0 spiro atoms. The first-order valence-electron chi connectivity index (χ1n) is 5.90. The van der Waals surface area contributed by atoms with Crippen molar-refractivity contribution in [2.45, 2.75) is 0 Å². The lowest BCUT2D eigenvalue weighted by Gasteiger charge is -2.00. The second-order valence-corrected chi connectivity index (χ2v) is 4.95. The average molecular weight is 322 g/mol. The van der Waals surface area contributed by atoms with Crippen LogP contribution in [0.2, 0.25) is 10.0 Å². The summed E-state index contributed by atoms with van der Waals surface area (Å²) in [6.45, 7) is 0. The molecule has 106 valence electrons. The lowest BCUT2D eigenvalue weighted by Crippen LogP contribution is -1.95. The van der Waals surface area contributed by atoms with Crippen molar-refractivity contribution in [1.29, 1.82) is 0 Å². The van der Waals surface area contributed by atoms with Gasteiger partial charge in [-0.2, -0.15) is 0 Å². The number of carbonyl (C=O) groups is 1. The van der Waals surface area contributed by atoms with Crippen LogP contribution in [0.4, 0.5) is 5.69 Å². The summed E-state index contributed by atoms with van der Waals surface area (Å²) >= 11 is 12.0. The van der Waals surface area contributed by atoms with E-state index < -0.39 is 4.92 Å². The Morgan fingerprint density at radius 2 is 1.62 bits per heavy atom. The number of nitro groups is 1. The molecule has 2 rings (SSSR count). The molecule has 0 aliphatic carbocycles. The Morgan fingerprint density at radius 3 is 2.14 bits per heavy atom. The Balaban J connectivity index is 2.21. The second-order valence-electron chi connectivity index (χ2n) is 4.14. The first-order valence-corrected chi connectivity index (χ1v) is 6.65. The van der Waals surface area contributed by atoms with Crippen LogP contribution in [0.5, 0.6) is 0 Å². The molecule has 0 radical (unpaired) electrons. The molecular formula is C15H9Cl2NO3. The largest absolute Gasteiger partial charge is 0.289 e. The van der Waals surface area contributed by atoms with Gasteiger partial charge in [0.25, 0.3) is 5.69 Å². The summed E-state index contributed by atoms with van der Waals surface area (Å²) in [4.78, 5) is 22.0. The van der Waals surface area contributed by atoms with Crippen molar-refractivity contribution < 1.29 is 9.72 Å². The molecule has 0 heterocycles. The Kier molecular flexibility index (Phi) is 4.73. The average Bonchev–Trinajstić information content (AvgIpc) is 2.46. The zero-order valence-corrected chi connectivity index (χ0v) is 12.1. The number of halogens is 2. The van der Waals surface area contributed by atoms with Crippen molar-refractivity contribution in [2.75, 3.05) is 0 Å². The smallest absolute Gasteiger partial charge is 0.269 e.